The molecule has 0 heterocycles. The number of allylic oxidation sites excluding steroid dienone is 2. The third-order valence-corrected chi connectivity index (χ3v) is 6.77. The van der Waals surface area contributed by atoms with Gasteiger partial charge in [0.25, 0.3) is 5.91 Å². The maximum Gasteiger partial charge on any atom is 0.395 e. The fourth-order valence-corrected chi connectivity index (χ4v) is 5.25. The monoisotopic (exact) mass is 451 g/mol. The van der Waals surface area contributed by atoms with Crippen LogP contribution in [0.2, 0.25) is 0 Å². The molecule has 4 rings (SSSR count). The molecule has 0 spiro atoms. The molecule has 170 valence electrons. The van der Waals surface area contributed by atoms with E-state index < -0.39 is 70.2 Å². The molecule has 1 aromatic carbocycles. The van der Waals surface area contributed by atoms with Gasteiger partial charge in [0, 0.05) is 12.0 Å². The normalized spacial score (nSPS) is 26.4. The summed E-state index contributed by atoms with van der Waals surface area (Å²) in [4.78, 5) is 37.1. The quantitative estimate of drug-likeness (QED) is 0.510. The number of phenols is 1. The Morgan fingerprint density at radius 3 is 2.41 bits per heavy atom. The summed E-state index contributed by atoms with van der Waals surface area (Å²) in [6.07, 6.45) is -4.74. The predicted molar refractivity (Wildman–Crippen MR) is 104 cm³/mol. The topological polar surface area (TPSA) is 138 Å². The van der Waals surface area contributed by atoms with Crippen LogP contribution in [0.3, 0.4) is 0 Å². The zero-order chi connectivity index (χ0) is 23.7. The Morgan fingerprint density at radius 2 is 1.81 bits per heavy atom. The average Bonchev–Trinajstić information content (AvgIpc) is 2.65. The van der Waals surface area contributed by atoms with Crippen LogP contribution in [-0.4, -0.2) is 39.0 Å². The molecular weight excluding hydrogens is 431 g/mol. The van der Waals surface area contributed by atoms with Gasteiger partial charge in [0.05, 0.1) is 17.4 Å². The highest BCUT2D eigenvalue weighted by Crippen LogP contribution is 2.51. The molecule has 0 saturated heterocycles. The number of hydrogen-bond acceptors (Lipinski definition) is 6. The van der Waals surface area contributed by atoms with Gasteiger partial charge in [-0.1, -0.05) is 6.07 Å². The minimum Gasteiger partial charge on any atom is -0.511 e. The number of aliphatic hydroxyl groups is 2. The molecule has 10 heteroatoms. The molecule has 5 N–H and O–H groups in total. The molecule has 1 aromatic rings. The number of halogens is 3. The standard InChI is InChI=1S/C22H20F3NO6/c1-7(22(23,24)25)10-2-3-12(27)16-11(10)5-8-4-9-6-13(28)17(21(26)32)20(31)15(9)18(29)14(8)19(16)30/h2-3,7-9,15,27,30-31H,4-6H2,1H3,(H2,26,32). The van der Waals surface area contributed by atoms with Crippen LogP contribution in [-0.2, 0) is 20.8 Å². The van der Waals surface area contributed by atoms with Gasteiger partial charge >= 0.3 is 6.18 Å². The summed E-state index contributed by atoms with van der Waals surface area (Å²) in [5.41, 5.74) is 4.09. The molecule has 1 amide bonds. The number of alkyl halides is 3. The number of carbonyl (C=O) groups is 3. The number of rotatable bonds is 2. The van der Waals surface area contributed by atoms with E-state index in [2.05, 4.69) is 0 Å². The molecule has 4 atom stereocenters. The molecule has 32 heavy (non-hydrogen) atoms. The van der Waals surface area contributed by atoms with Gasteiger partial charge in [-0.2, -0.15) is 13.2 Å². The molecule has 3 aliphatic carbocycles. The van der Waals surface area contributed by atoms with Crippen molar-refractivity contribution in [2.24, 2.45) is 23.5 Å². The number of carbonyl (C=O) groups excluding carboxylic acids is 3. The SMILES string of the molecule is CC(c1ccc(O)c2c1CC1CC3CC(=O)C(C(N)=O)=C(O)C3C(=O)C1=C2O)C(F)(F)F. The molecule has 0 aromatic heterocycles. The third kappa shape index (κ3) is 3.08. The highest BCUT2D eigenvalue weighted by atomic mass is 19.4. The van der Waals surface area contributed by atoms with Gasteiger partial charge < -0.3 is 21.1 Å². The smallest absolute Gasteiger partial charge is 0.395 e. The van der Waals surface area contributed by atoms with Crippen molar-refractivity contribution in [2.45, 2.75) is 38.3 Å². The molecule has 0 radical (unpaired) electrons. The summed E-state index contributed by atoms with van der Waals surface area (Å²) < 4.78 is 40.2. The van der Waals surface area contributed by atoms with Crippen LogP contribution in [0.4, 0.5) is 13.2 Å². The van der Waals surface area contributed by atoms with Crippen molar-refractivity contribution in [2.75, 3.05) is 0 Å². The number of primary amides is 1. The first-order chi connectivity index (χ1) is 14.8. The van der Waals surface area contributed by atoms with E-state index in [1.807, 2.05) is 0 Å². The lowest BCUT2D eigenvalue weighted by atomic mass is 9.61. The van der Waals surface area contributed by atoms with E-state index in [1.165, 1.54) is 0 Å². The lowest BCUT2D eigenvalue weighted by molar-refractivity contribution is -0.146. The minimum absolute atomic E-state index is 0.0603. The molecule has 7 nitrogen and oxygen atoms in total. The Labute approximate surface area is 180 Å². The van der Waals surface area contributed by atoms with Crippen molar-refractivity contribution in [3.05, 3.63) is 45.7 Å². The van der Waals surface area contributed by atoms with Crippen LogP contribution in [0.15, 0.2) is 29.0 Å². The van der Waals surface area contributed by atoms with E-state index >= 15 is 0 Å². The Hall–Kier alpha value is -3.30. The largest absolute Gasteiger partial charge is 0.511 e. The van der Waals surface area contributed by atoms with Crippen molar-refractivity contribution < 1.29 is 42.9 Å². The van der Waals surface area contributed by atoms with E-state index in [-0.39, 0.29) is 41.5 Å². The summed E-state index contributed by atoms with van der Waals surface area (Å²) in [6.45, 7) is 0.971. The van der Waals surface area contributed by atoms with E-state index in [0.717, 1.165) is 19.1 Å². The van der Waals surface area contributed by atoms with E-state index in [4.69, 9.17) is 5.73 Å². The molecule has 1 saturated carbocycles. The molecule has 4 unspecified atom stereocenters. The van der Waals surface area contributed by atoms with Gasteiger partial charge in [-0.25, -0.2) is 0 Å². The maximum atomic E-state index is 13.4. The van der Waals surface area contributed by atoms with Crippen LogP contribution >= 0.6 is 0 Å². The van der Waals surface area contributed by atoms with Crippen LogP contribution in [0, 0.1) is 17.8 Å². The Bertz CT molecular complexity index is 1130. The van der Waals surface area contributed by atoms with Crippen LogP contribution in [0.25, 0.3) is 5.76 Å². The number of fused-ring (bicyclic) bond motifs is 3. The van der Waals surface area contributed by atoms with Crippen molar-refractivity contribution in [1.29, 1.82) is 0 Å². The Morgan fingerprint density at radius 1 is 1.16 bits per heavy atom. The molecule has 1 fully saturated rings. The van der Waals surface area contributed by atoms with Crippen LogP contribution in [0.1, 0.15) is 42.4 Å². The van der Waals surface area contributed by atoms with Crippen molar-refractivity contribution in [1.82, 2.24) is 0 Å². The zero-order valence-corrected chi connectivity index (χ0v) is 16.9. The average molecular weight is 451 g/mol. The first-order valence-electron chi connectivity index (χ1n) is 9.99. The summed E-state index contributed by atoms with van der Waals surface area (Å²) in [5.74, 6) is -9.06. The fourth-order valence-electron chi connectivity index (χ4n) is 5.25. The van der Waals surface area contributed by atoms with E-state index in [1.54, 1.807) is 0 Å². The lowest BCUT2D eigenvalue weighted by Gasteiger charge is -2.41. The van der Waals surface area contributed by atoms with Gasteiger partial charge in [-0.3, -0.25) is 14.4 Å². The molecular formula is C22H20F3NO6. The highest BCUT2D eigenvalue weighted by molar-refractivity contribution is 6.21. The molecule has 0 bridgehead atoms. The second-order valence-electron chi connectivity index (χ2n) is 8.54. The van der Waals surface area contributed by atoms with Gasteiger partial charge in [-0.05, 0) is 48.8 Å². The summed E-state index contributed by atoms with van der Waals surface area (Å²) in [5, 5.41) is 31.6. The summed E-state index contributed by atoms with van der Waals surface area (Å²) in [7, 11) is 0. The number of nitrogens with two attached hydrogens (primary N) is 1. The zero-order valence-electron chi connectivity index (χ0n) is 16.9. The van der Waals surface area contributed by atoms with Gasteiger partial charge in [0.2, 0.25) is 0 Å². The second kappa shape index (κ2) is 7.11. The van der Waals surface area contributed by atoms with Gasteiger partial charge in [0.15, 0.2) is 11.6 Å². The van der Waals surface area contributed by atoms with Crippen molar-refractivity contribution >= 4 is 23.2 Å². The Kier molecular flexibility index (Phi) is 4.87. The highest BCUT2D eigenvalue weighted by Gasteiger charge is 2.51. The summed E-state index contributed by atoms with van der Waals surface area (Å²) in [6, 6.07) is 2.18. The van der Waals surface area contributed by atoms with E-state index in [0.29, 0.717) is 0 Å². The van der Waals surface area contributed by atoms with Crippen molar-refractivity contribution in [3.8, 4) is 5.75 Å². The minimum atomic E-state index is -4.56. The number of amides is 1. The number of ketones is 2. The number of benzene rings is 1. The fraction of sp³-hybridized carbons (Fsp3) is 0.409. The number of aromatic hydroxyl groups is 1. The van der Waals surface area contributed by atoms with E-state index in [9.17, 15) is 42.9 Å². The molecule has 0 aliphatic heterocycles. The van der Waals surface area contributed by atoms with Crippen LogP contribution in [0.5, 0.6) is 5.75 Å². The first-order valence-corrected chi connectivity index (χ1v) is 9.99. The number of aliphatic hydroxyl groups excluding tert-OH is 2. The number of hydrogen-bond donors (Lipinski definition) is 4. The van der Waals surface area contributed by atoms with Crippen LogP contribution < -0.4 is 5.73 Å². The third-order valence-electron chi connectivity index (χ3n) is 6.77. The number of Topliss-reactive ketones (excluding diaryl/α,β-unsaturated/α-hetero) is 2. The Balaban J connectivity index is 1.88. The maximum absolute atomic E-state index is 13.4. The summed E-state index contributed by atoms with van der Waals surface area (Å²) >= 11 is 0. The van der Waals surface area contributed by atoms with Gasteiger partial charge in [-0.15, -0.1) is 0 Å². The van der Waals surface area contributed by atoms with Crippen molar-refractivity contribution in [3.63, 3.8) is 0 Å². The number of phenolic OH excluding ortho intramolecular Hbond substituents is 1. The molecule has 3 aliphatic rings. The van der Waals surface area contributed by atoms with Gasteiger partial charge in [0.1, 0.15) is 22.8 Å². The lowest BCUT2D eigenvalue weighted by Crippen LogP contribution is -2.44. The predicted octanol–water partition coefficient (Wildman–Crippen LogP) is 2.97. The second-order valence-corrected chi connectivity index (χ2v) is 8.54. The first kappa shape index (κ1) is 21.9.